The van der Waals surface area contributed by atoms with Crippen molar-refractivity contribution < 1.29 is 22.7 Å². The van der Waals surface area contributed by atoms with Crippen LogP contribution in [-0.4, -0.2) is 33.4 Å². The Morgan fingerprint density at radius 2 is 1.67 bits per heavy atom. The molecule has 0 bridgehead atoms. The van der Waals surface area contributed by atoms with E-state index >= 15 is 0 Å². The first-order valence-corrected chi connectivity index (χ1v) is 11.3. The van der Waals surface area contributed by atoms with Crippen LogP contribution in [0.4, 0.5) is 5.69 Å². The zero-order valence-corrected chi connectivity index (χ0v) is 19.2. The van der Waals surface area contributed by atoms with Crippen LogP contribution < -0.4 is 10.0 Å². The minimum absolute atomic E-state index is 0.0423. The van der Waals surface area contributed by atoms with Gasteiger partial charge < -0.3 is 10.1 Å². The summed E-state index contributed by atoms with van der Waals surface area (Å²) < 4.78 is 31.7. The molecule has 0 saturated heterocycles. The van der Waals surface area contributed by atoms with Gasteiger partial charge >= 0.3 is 5.97 Å². The van der Waals surface area contributed by atoms with Crippen LogP contribution in [0.3, 0.4) is 0 Å². The van der Waals surface area contributed by atoms with Crippen LogP contribution in [0.15, 0.2) is 35.2 Å². The zero-order valence-electron chi connectivity index (χ0n) is 16.1. The second-order valence-electron chi connectivity index (χ2n) is 6.35. The van der Waals surface area contributed by atoms with E-state index in [-0.39, 0.29) is 27.9 Å². The third-order valence-corrected chi connectivity index (χ3v) is 6.58. The Morgan fingerprint density at radius 1 is 1.03 bits per heavy atom. The molecule has 0 unspecified atom stereocenters. The highest BCUT2D eigenvalue weighted by Crippen LogP contribution is 2.29. The van der Waals surface area contributed by atoms with Gasteiger partial charge in [0.25, 0.3) is 5.91 Å². The molecule has 0 fully saturated rings. The lowest BCUT2D eigenvalue weighted by atomic mass is 10.1. The van der Waals surface area contributed by atoms with Gasteiger partial charge in [0, 0.05) is 6.54 Å². The van der Waals surface area contributed by atoms with Gasteiger partial charge in [-0.1, -0.05) is 46.9 Å². The summed E-state index contributed by atoms with van der Waals surface area (Å²) in [4.78, 5) is 23.6. The Labute approximate surface area is 189 Å². The van der Waals surface area contributed by atoms with E-state index in [1.165, 1.54) is 18.2 Å². The number of hydrogen-bond acceptors (Lipinski definition) is 5. The summed E-state index contributed by atoms with van der Waals surface area (Å²) in [5.74, 6) is -1.33. The predicted molar refractivity (Wildman–Crippen MR) is 117 cm³/mol. The first-order chi connectivity index (χ1) is 14.0. The molecular formula is C19H19Cl3N2O5S. The summed E-state index contributed by atoms with van der Waals surface area (Å²) in [6.45, 7) is 2.87. The molecule has 2 rings (SSSR count). The van der Waals surface area contributed by atoms with Gasteiger partial charge in [-0.2, -0.15) is 0 Å². The molecule has 0 aromatic heterocycles. The monoisotopic (exact) mass is 492 g/mol. The number of benzene rings is 2. The molecule has 2 N–H and O–H groups in total. The maximum atomic E-state index is 12.3. The Hall–Kier alpha value is -1.84. The van der Waals surface area contributed by atoms with Crippen LogP contribution >= 0.6 is 34.8 Å². The van der Waals surface area contributed by atoms with Gasteiger partial charge in [0.05, 0.1) is 27.2 Å². The van der Waals surface area contributed by atoms with Crippen molar-refractivity contribution in [3.63, 3.8) is 0 Å². The molecule has 0 heterocycles. The van der Waals surface area contributed by atoms with Gasteiger partial charge in [-0.25, -0.2) is 13.1 Å². The molecule has 0 aliphatic rings. The van der Waals surface area contributed by atoms with Crippen LogP contribution in [-0.2, 0) is 24.3 Å². The molecule has 0 aliphatic heterocycles. The standard InChI is InChI=1S/C19H19Cl3N2O5S/c1-11-8-12(2)18(15(22)9-11)24-16(25)10-29-17(26)6-7-23-30(27,28)19-13(20)4-3-5-14(19)21/h3-5,8-9,23H,6-7,10H2,1-2H3,(H,24,25). The predicted octanol–water partition coefficient (Wildman–Crippen LogP) is 4.11. The largest absolute Gasteiger partial charge is 0.456 e. The number of aryl methyl sites for hydroxylation is 2. The highest BCUT2D eigenvalue weighted by molar-refractivity contribution is 7.89. The first-order valence-electron chi connectivity index (χ1n) is 8.67. The van der Waals surface area contributed by atoms with E-state index < -0.39 is 28.5 Å². The highest BCUT2D eigenvalue weighted by atomic mass is 35.5. The summed E-state index contributed by atoms with van der Waals surface area (Å²) in [6, 6.07) is 7.84. The van der Waals surface area contributed by atoms with Gasteiger partial charge in [0.2, 0.25) is 10.0 Å². The van der Waals surface area contributed by atoms with Crippen molar-refractivity contribution in [3.05, 3.63) is 56.5 Å². The number of amides is 1. The van der Waals surface area contributed by atoms with Gasteiger partial charge in [0.15, 0.2) is 6.61 Å². The van der Waals surface area contributed by atoms with Crippen LogP contribution in [0.25, 0.3) is 0 Å². The molecule has 2 aromatic rings. The molecule has 0 radical (unpaired) electrons. The van der Waals surface area contributed by atoms with E-state index in [1.54, 1.807) is 13.0 Å². The number of halogens is 3. The van der Waals surface area contributed by atoms with E-state index in [4.69, 9.17) is 39.5 Å². The number of esters is 1. The van der Waals surface area contributed by atoms with Crippen LogP contribution in [0.5, 0.6) is 0 Å². The Bertz CT molecular complexity index is 1030. The van der Waals surface area contributed by atoms with Gasteiger partial charge in [-0.15, -0.1) is 0 Å². The van der Waals surface area contributed by atoms with Crippen molar-refractivity contribution in [2.45, 2.75) is 25.2 Å². The van der Waals surface area contributed by atoms with Crippen LogP contribution in [0, 0.1) is 13.8 Å². The molecule has 11 heteroatoms. The number of hydrogen-bond donors (Lipinski definition) is 2. The fourth-order valence-corrected chi connectivity index (χ4v) is 5.11. The van der Waals surface area contributed by atoms with Crippen LogP contribution in [0.2, 0.25) is 15.1 Å². The molecule has 30 heavy (non-hydrogen) atoms. The lowest BCUT2D eigenvalue weighted by Crippen LogP contribution is -2.28. The molecule has 1 amide bonds. The normalized spacial score (nSPS) is 11.2. The van der Waals surface area contributed by atoms with Crippen molar-refractivity contribution in [2.24, 2.45) is 0 Å². The summed E-state index contributed by atoms with van der Waals surface area (Å²) in [7, 11) is -4.02. The van der Waals surface area contributed by atoms with E-state index in [9.17, 15) is 18.0 Å². The summed E-state index contributed by atoms with van der Waals surface area (Å²) >= 11 is 17.9. The molecule has 2 aromatic carbocycles. The average Bonchev–Trinajstić information content (AvgIpc) is 2.62. The van der Waals surface area contributed by atoms with E-state index in [1.807, 2.05) is 13.0 Å². The van der Waals surface area contributed by atoms with Gasteiger partial charge in [0.1, 0.15) is 4.90 Å². The molecule has 0 saturated carbocycles. The summed E-state index contributed by atoms with van der Waals surface area (Å²) in [5, 5.41) is 2.88. The number of carbonyl (C=O) groups is 2. The third-order valence-electron chi connectivity index (χ3n) is 3.87. The van der Waals surface area contributed by atoms with E-state index in [0.29, 0.717) is 10.7 Å². The third kappa shape index (κ3) is 6.58. The fourth-order valence-electron chi connectivity index (χ4n) is 2.57. The number of carbonyl (C=O) groups excluding carboxylic acids is 2. The number of nitrogens with one attached hydrogen (secondary N) is 2. The molecule has 0 spiro atoms. The van der Waals surface area contributed by atoms with Crippen molar-refractivity contribution >= 4 is 62.4 Å². The van der Waals surface area contributed by atoms with Gasteiger partial charge in [-0.05, 0) is 43.2 Å². The minimum atomic E-state index is -4.02. The minimum Gasteiger partial charge on any atom is -0.456 e. The van der Waals surface area contributed by atoms with E-state index in [2.05, 4.69) is 10.0 Å². The van der Waals surface area contributed by atoms with Crippen molar-refractivity contribution in [1.29, 1.82) is 0 Å². The second-order valence-corrected chi connectivity index (χ2v) is 9.27. The Morgan fingerprint density at radius 3 is 2.27 bits per heavy atom. The lowest BCUT2D eigenvalue weighted by Gasteiger charge is -2.12. The summed E-state index contributed by atoms with van der Waals surface area (Å²) in [5.41, 5.74) is 2.16. The Kier molecular flexibility index (Phi) is 8.52. The van der Waals surface area contributed by atoms with Crippen molar-refractivity contribution in [3.8, 4) is 0 Å². The lowest BCUT2D eigenvalue weighted by molar-refractivity contribution is -0.147. The number of anilines is 1. The first kappa shape index (κ1) is 24.4. The fraction of sp³-hybridized carbons (Fsp3) is 0.263. The molecule has 0 atom stereocenters. The SMILES string of the molecule is Cc1cc(C)c(NC(=O)COC(=O)CCNS(=O)(=O)c2c(Cl)cccc2Cl)c(Cl)c1. The molecule has 162 valence electrons. The van der Waals surface area contributed by atoms with Gasteiger partial charge in [-0.3, -0.25) is 9.59 Å². The van der Waals surface area contributed by atoms with Crippen molar-refractivity contribution in [2.75, 3.05) is 18.5 Å². The quantitative estimate of drug-likeness (QED) is 0.539. The maximum Gasteiger partial charge on any atom is 0.307 e. The molecule has 7 nitrogen and oxygen atoms in total. The second kappa shape index (κ2) is 10.5. The number of rotatable bonds is 8. The number of sulfonamides is 1. The Balaban J connectivity index is 1.83. The van der Waals surface area contributed by atoms with E-state index in [0.717, 1.165) is 11.1 Å². The topological polar surface area (TPSA) is 102 Å². The zero-order chi connectivity index (χ0) is 22.5. The van der Waals surface area contributed by atoms with Crippen molar-refractivity contribution in [1.82, 2.24) is 4.72 Å². The maximum absolute atomic E-state index is 12.3. The molecule has 0 aliphatic carbocycles. The average molecular weight is 494 g/mol. The number of ether oxygens (including phenoxy) is 1. The molecular weight excluding hydrogens is 475 g/mol. The summed E-state index contributed by atoms with van der Waals surface area (Å²) in [6.07, 6.45) is -0.293. The smallest absolute Gasteiger partial charge is 0.307 e. The van der Waals surface area contributed by atoms with Crippen LogP contribution in [0.1, 0.15) is 17.5 Å². The highest BCUT2D eigenvalue weighted by Gasteiger charge is 2.21.